The van der Waals surface area contributed by atoms with Crippen LogP contribution in [0.15, 0.2) is 96.1 Å². The molecule has 1 amide bonds. The van der Waals surface area contributed by atoms with Crippen LogP contribution in [0.1, 0.15) is 32.0 Å². The van der Waals surface area contributed by atoms with Gasteiger partial charge in [-0.2, -0.15) is 18.3 Å². The van der Waals surface area contributed by atoms with Gasteiger partial charge < -0.3 is 14.5 Å². The summed E-state index contributed by atoms with van der Waals surface area (Å²) in [5, 5.41) is 5.18. The van der Waals surface area contributed by atoms with E-state index >= 15 is 0 Å². The van der Waals surface area contributed by atoms with E-state index in [1.165, 1.54) is 25.5 Å². The van der Waals surface area contributed by atoms with E-state index in [0.29, 0.717) is 44.4 Å². The number of nitrogens with one attached hydrogen (secondary N) is 2. The molecule has 7 nitrogen and oxygen atoms in total. The number of amides is 1. The fourth-order valence-electron chi connectivity index (χ4n) is 4.35. The van der Waals surface area contributed by atoms with Gasteiger partial charge in [-0.3, -0.25) is 4.79 Å². The third-order valence-electron chi connectivity index (χ3n) is 6.30. The summed E-state index contributed by atoms with van der Waals surface area (Å²) in [6.45, 7) is 0. The minimum absolute atomic E-state index is 0.0324. The number of aromatic amines is 1. The number of H-pyrrole nitrogens is 1. The molecule has 0 aliphatic heterocycles. The topological polar surface area (TPSA) is 92.8 Å². The van der Waals surface area contributed by atoms with Gasteiger partial charge in [0.05, 0.1) is 30.0 Å². The molecular formula is C31H21ClF3N3O4. The highest BCUT2D eigenvalue weighted by molar-refractivity contribution is 6.34. The van der Waals surface area contributed by atoms with Crippen molar-refractivity contribution in [2.24, 2.45) is 5.10 Å². The Balaban J connectivity index is 1.41. The molecule has 4 aromatic carbocycles. The number of halogens is 4. The Labute approximate surface area is 242 Å². The smallest absolute Gasteiger partial charge is 0.416 e. The van der Waals surface area contributed by atoms with Crippen LogP contribution in [0.4, 0.5) is 13.2 Å². The standard InChI is InChI=1S/C31H21ClF3N3O4/c1-41-25-15-7-12-22-26(21-11-3-4-13-23(21)32)28(37-27(22)25)29(39)38-36-17-19-8-2-5-14-24(19)42-30(40)18-9-6-10-20(16-18)31(33,34)35/h2-17,37H,1H3,(H,38,39). The molecule has 11 heteroatoms. The van der Waals surface area contributed by atoms with Crippen LogP contribution in [-0.4, -0.2) is 30.2 Å². The second-order valence-corrected chi connectivity index (χ2v) is 9.35. The second kappa shape index (κ2) is 11.8. The van der Waals surface area contributed by atoms with Gasteiger partial charge in [-0.05, 0) is 42.5 Å². The SMILES string of the molecule is COc1cccc2c(-c3ccccc3Cl)c(C(=O)NN=Cc3ccccc3OC(=O)c3cccc(C(F)(F)F)c3)[nH]c12. The van der Waals surface area contributed by atoms with Crippen LogP contribution in [0.2, 0.25) is 5.02 Å². The number of rotatable bonds is 7. The molecule has 212 valence electrons. The Morgan fingerprint density at radius 3 is 2.40 bits per heavy atom. The number of carbonyl (C=O) groups is 2. The van der Waals surface area contributed by atoms with Crippen molar-refractivity contribution in [2.45, 2.75) is 6.18 Å². The van der Waals surface area contributed by atoms with Crippen LogP contribution >= 0.6 is 11.6 Å². The van der Waals surface area contributed by atoms with Crippen LogP contribution < -0.4 is 14.9 Å². The first-order chi connectivity index (χ1) is 20.2. The Hall–Kier alpha value is -5.09. The lowest BCUT2D eigenvalue weighted by molar-refractivity contribution is -0.137. The van der Waals surface area contributed by atoms with Crippen molar-refractivity contribution in [3.63, 3.8) is 0 Å². The van der Waals surface area contributed by atoms with Crippen molar-refractivity contribution in [3.05, 3.63) is 118 Å². The van der Waals surface area contributed by atoms with Crippen molar-refractivity contribution in [1.82, 2.24) is 10.4 Å². The largest absolute Gasteiger partial charge is 0.495 e. The molecule has 0 aliphatic carbocycles. The van der Waals surface area contributed by atoms with Crippen LogP contribution in [0, 0.1) is 0 Å². The first-order valence-corrected chi connectivity index (χ1v) is 12.8. The molecule has 0 unspecified atom stereocenters. The number of hydrazone groups is 1. The summed E-state index contributed by atoms with van der Waals surface area (Å²) in [5.74, 6) is -1.01. The number of ether oxygens (including phenoxy) is 2. The highest BCUT2D eigenvalue weighted by Crippen LogP contribution is 2.39. The number of aromatic nitrogens is 1. The molecule has 0 saturated heterocycles. The number of fused-ring (bicyclic) bond motifs is 1. The molecule has 0 bridgehead atoms. The quantitative estimate of drug-likeness (QED) is 0.0887. The molecule has 5 aromatic rings. The molecule has 1 aromatic heterocycles. The van der Waals surface area contributed by atoms with Crippen molar-refractivity contribution < 1.29 is 32.2 Å². The van der Waals surface area contributed by atoms with Crippen molar-refractivity contribution in [3.8, 4) is 22.6 Å². The van der Waals surface area contributed by atoms with E-state index in [0.717, 1.165) is 12.1 Å². The predicted molar refractivity (Wildman–Crippen MR) is 153 cm³/mol. The van der Waals surface area contributed by atoms with Gasteiger partial charge in [0.25, 0.3) is 5.91 Å². The molecule has 0 saturated carbocycles. The minimum atomic E-state index is -4.61. The minimum Gasteiger partial charge on any atom is -0.495 e. The molecular weight excluding hydrogens is 571 g/mol. The van der Waals surface area contributed by atoms with E-state index in [4.69, 9.17) is 21.1 Å². The van der Waals surface area contributed by atoms with Gasteiger partial charge in [0.2, 0.25) is 0 Å². The molecule has 0 aliphatic rings. The van der Waals surface area contributed by atoms with Crippen molar-refractivity contribution in [2.75, 3.05) is 7.11 Å². The van der Waals surface area contributed by atoms with Gasteiger partial charge in [-0.15, -0.1) is 0 Å². The third-order valence-corrected chi connectivity index (χ3v) is 6.63. The summed E-state index contributed by atoms with van der Waals surface area (Å²) in [5.41, 5.74) is 3.47. The van der Waals surface area contributed by atoms with E-state index in [-0.39, 0.29) is 17.0 Å². The summed E-state index contributed by atoms with van der Waals surface area (Å²) in [4.78, 5) is 29.1. The molecule has 0 atom stereocenters. The summed E-state index contributed by atoms with van der Waals surface area (Å²) < 4.78 is 50.0. The Kier molecular flexibility index (Phi) is 7.99. The summed E-state index contributed by atoms with van der Waals surface area (Å²) in [6, 6.07) is 22.6. The van der Waals surface area contributed by atoms with Crippen LogP contribution in [0.3, 0.4) is 0 Å². The van der Waals surface area contributed by atoms with Gasteiger partial charge in [-0.1, -0.05) is 60.1 Å². The van der Waals surface area contributed by atoms with Crippen LogP contribution in [0.25, 0.3) is 22.0 Å². The van der Waals surface area contributed by atoms with Crippen LogP contribution in [-0.2, 0) is 6.18 Å². The normalized spacial score (nSPS) is 11.5. The zero-order valence-corrected chi connectivity index (χ0v) is 22.6. The number of para-hydroxylation sites is 2. The van der Waals surface area contributed by atoms with E-state index in [1.54, 1.807) is 54.6 Å². The maximum absolute atomic E-state index is 13.4. The molecule has 0 radical (unpaired) electrons. The molecule has 1 heterocycles. The predicted octanol–water partition coefficient (Wildman–Crippen LogP) is 7.50. The number of hydrogen-bond acceptors (Lipinski definition) is 5. The second-order valence-electron chi connectivity index (χ2n) is 8.94. The highest BCUT2D eigenvalue weighted by Gasteiger charge is 2.31. The van der Waals surface area contributed by atoms with Gasteiger partial charge in [0.15, 0.2) is 0 Å². The lowest BCUT2D eigenvalue weighted by Gasteiger charge is -2.10. The monoisotopic (exact) mass is 591 g/mol. The van der Waals surface area contributed by atoms with Gasteiger partial charge in [0.1, 0.15) is 17.2 Å². The average molecular weight is 592 g/mol. The van der Waals surface area contributed by atoms with Crippen molar-refractivity contribution in [1.29, 1.82) is 0 Å². The number of esters is 1. The summed E-state index contributed by atoms with van der Waals surface area (Å²) >= 11 is 6.48. The number of carbonyl (C=O) groups excluding carboxylic acids is 2. The maximum Gasteiger partial charge on any atom is 0.416 e. The molecule has 2 N–H and O–H groups in total. The molecule has 42 heavy (non-hydrogen) atoms. The lowest BCUT2D eigenvalue weighted by atomic mass is 10.0. The zero-order valence-electron chi connectivity index (χ0n) is 21.8. The first-order valence-electron chi connectivity index (χ1n) is 12.4. The fourth-order valence-corrected chi connectivity index (χ4v) is 4.58. The van der Waals surface area contributed by atoms with E-state index in [9.17, 15) is 22.8 Å². The Morgan fingerprint density at radius 1 is 0.929 bits per heavy atom. The number of nitrogens with zero attached hydrogens (tertiary/aromatic N) is 1. The Morgan fingerprint density at radius 2 is 1.64 bits per heavy atom. The van der Waals surface area contributed by atoms with Gasteiger partial charge in [0, 0.05) is 27.1 Å². The fraction of sp³-hybridized carbons (Fsp3) is 0.0645. The van der Waals surface area contributed by atoms with E-state index < -0.39 is 23.6 Å². The highest BCUT2D eigenvalue weighted by atomic mass is 35.5. The van der Waals surface area contributed by atoms with Gasteiger partial charge in [-0.25, -0.2) is 10.2 Å². The molecule has 0 spiro atoms. The number of methoxy groups -OCH3 is 1. The Bertz CT molecular complexity index is 1830. The van der Waals surface area contributed by atoms with Crippen molar-refractivity contribution >= 4 is 40.6 Å². The van der Waals surface area contributed by atoms with E-state index in [1.807, 2.05) is 6.07 Å². The molecule has 0 fully saturated rings. The number of benzene rings is 4. The number of alkyl halides is 3. The van der Waals surface area contributed by atoms with E-state index in [2.05, 4.69) is 15.5 Å². The maximum atomic E-state index is 13.4. The first kappa shape index (κ1) is 28.4. The van der Waals surface area contributed by atoms with Gasteiger partial charge >= 0.3 is 12.1 Å². The van der Waals surface area contributed by atoms with Crippen LogP contribution in [0.5, 0.6) is 11.5 Å². The zero-order chi connectivity index (χ0) is 29.9. The third kappa shape index (κ3) is 5.84. The molecule has 5 rings (SSSR count). The number of hydrogen-bond donors (Lipinski definition) is 2. The summed E-state index contributed by atoms with van der Waals surface area (Å²) in [6.07, 6.45) is -3.36. The lowest BCUT2D eigenvalue weighted by Crippen LogP contribution is -2.19. The average Bonchev–Trinajstić information content (AvgIpc) is 3.37. The summed E-state index contributed by atoms with van der Waals surface area (Å²) in [7, 11) is 1.52.